The molecule has 2 N–H and O–H groups in total. The number of benzene rings is 1. The Morgan fingerprint density at radius 3 is 2.14 bits per heavy atom. The van der Waals surface area contributed by atoms with Gasteiger partial charge in [0.1, 0.15) is 6.04 Å². The summed E-state index contributed by atoms with van der Waals surface area (Å²) in [6, 6.07) is 6.17. The standard InChI is InChI=1S/C20H32N4O4S/c1-15-6-8-17(9-7-15)29(27,28)24-12-10-23(11-13-24)14-18(25)21-16(2)19(26)22-20(3,4)5/h6-9,16H,10-14H2,1-5H3,(H,21,25)(H,22,26). The summed E-state index contributed by atoms with van der Waals surface area (Å²) in [4.78, 5) is 26.5. The van der Waals surface area contributed by atoms with Crippen molar-refractivity contribution in [2.75, 3.05) is 32.7 Å². The van der Waals surface area contributed by atoms with Crippen LogP contribution in [-0.4, -0.2) is 73.7 Å². The summed E-state index contributed by atoms with van der Waals surface area (Å²) < 4.78 is 26.9. The zero-order chi connectivity index (χ0) is 21.8. The van der Waals surface area contributed by atoms with Crippen molar-refractivity contribution in [3.05, 3.63) is 29.8 Å². The van der Waals surface area contributed by atoms with Crippen molar-refractivity contribution in [2.24, 2.45) is 0 Å². The number of piperazine rings is 1. The van der Waals surface area contributed by atoms with Crippen molar-refractivity contribution in [3.63, 3.8) is 0 Å². The normalized spacial score (nSPS) is 17.6. The molecular formula is C20H32N4O4S. The molecule has 1 fully saturated rings. The molecule has 0 radical (unpaired) electrons. The van der Waals surface area contributed by atoms with E-state index >= 15 is 0 Å². The molecule has 9 heteroatoms. The molecule has 1 saturated heterocycles. The fraction of sp³-hybridized carbons (Fsp3) is 0.600. The van der Waals surface area contributed by atoms with Crippen molar-refractivity contribution in [1.82, 2.24) is 19.8 Å². The minimum atomic E-state index is -3.53. The minimum Gasteiger partial charge on any atom is -0.350 e. The van der Waals surface area contributed by atoms with E-state index in [1.54, 1.807) is 31.2 Å². The lowest BCUT2D eigenvalue weighted by Gasteiger charge is -2.33. The summed E-state index contributed by atoms with van der Waals surface area (Å²) in [6.45, 7) is 10.9. The fourth-order valence-electron chi connectivity index (χ4n) is 3.02. The summed E-state index contributed by atoms with van der Waals surface area (Å²) in [5.41, 5.74) is 0.639. The van der Waals surface area contributed by atoms with E-state index < -0.39 is 16.1 Å². The van der Waals surface area contributed by atoms with Crippen LogP contribution in [0.3, 0.4) is 0 Å². The highest BCUT2D eigenvalue weighted by Crippen LogP contribution is 2.18. The highest BCUT2D eigenvalue weighted by Gasteiger charge is 2.29. The SMILES string of the molecule is Cc1ccc(S(=O)(=O)N2CCN(CC(=O)NC(C)C(=O)NC(C)(C)C)CC2)cc1. The summed E-state index contributed by atoms with van der Waals surface area (Å²) in [5, 5.41) is 5.53. The summed E-state index contributed by atoms with van der Waals surface area (Å²) in [7, 11) is -3.53. The Kier molecular flexibility index (Phi) is 7.42. The first-order chi connectivity index (χ1) is 13.4. The number of nitrogens with one attached hydrogen (secondary N) is 2. The molecule has 1 aliphatic rings. The lowest BCUT2D eigenvalue weighted by molar-refractivity contribution is -0.130. The molecule has 2 rings (SSSR count). The summed E-state index contributed by atoms with van der Waals surface area (Å²) >= 11 is 0. The molecule has 0 spiro atoms. The lowest BCUT2D eigenvalue weighted by Crippen LogP contribution is -2.54. The second-order valence-corrected chi connectivity index (χ2v) is 10.5. The monoisotopic (exact) mass is 424 g/mol. The highest BCUT2D eigenvalue weighted by molar-refractivity contribution is 7.89. The minimum absolute atomic E-state index is 0.131. The number of nitrogens with zero attached hydrogens (tertiary/aromatic N) is 2. The van der Waals surface area contributed by atoms with Gasteiger partial charge in [-0.15, -0.1) is 0 Å². The quantitative estimate of drug-likeness (QED) is 0.701. The first-order valence-electron chi connectivity index (χ1n) is 9.79. The van der Waals surface area contributed by atoms with Crippen LogP contribution in [0, 0.1) is 6.92 Å². The van der Waals surface area contributed by atoms with Crippen LogP contribution in [0.25, 0.3) is 0 Å². The molecule has 2 amide bonds. The van der Waals surface area contributed by atoms with Crippen molar-refractivity contribution in [3.8, 4) is 0 Å². The number of carbonyl (C=O) groups excluding carboxylic acids is 2. The van der Waals surface area contributed by atoms with Gasteiger partial charge in [0.05, 0.1) is 11.4 Å². The second kappa shape index (κ2) is 9.23. The van der Waals surface area contributed by atoms with Crippen LogP contribution < -0.4 is 10.6 Å². The van der Waals surface area contributed by atoms with Gasteiger partial charge in [-0.05, 0) is 46.8 Å². The van der Waals surface area contributed by atoms with E-state index in [0.29, 0.717) is 26.2 Å². The molecule has 8 nitrogen and oxygen atoms in total. The molecule has 0 aromatic heterocycles. The summed E-state index contributed by atoms with van der Waals surface area (Å²) in [6.07, 6.45) is 0. The van der Waals surface area contributed by atoms with E-state index in [-0.39, 0.29) is 28.8 Å². The maximum Gasteiger partial charge on any atom is 0.243 e. The third-order valence-corrected chi connectivity index (χ3v) is 6.54. The Labute approximate surface area is 173 Å². The van der Waals surface area contributed by atoms with Crippen molar-refractivity contribution in [1.29, 1.82) is 0 Å². The van der Waals surface area contributed by atoms with Crippen molar-refractivity contribution >= 4 is 21.8 Å². The molecule has 0 bridgehead atoms. The van der Waals surface area contributed by atoms with Gasteiger partial charge in [0.25, 0.3) is 0 Å². The zero-order valence-corrected chi connectivity index (χ0v) is 18.7. The Morgan fingerprint density at radius 2 is 1.62 bits per heavy atom. The van der Waals surface area contributed by atoms with Gasteiger partial charge >= 0.3 is 0 Å². The average Bonchev–Trinajstić information content (AvgIpc) is 2.61. The van der Waals surface area contributed by atoms with Crippen LogP contribution >= 0.6 is 0 Å². The van der Waals surface area contributed by atoms with Crippen LogP contribution in [0.4, 0.5) is 0 Å². The Hall–Kier alpha value is -1.97. The largest absolute Gasteiger partial charge is 0.350 e. The number of aryl methyl sites for hydroxylation is 1. The predicted molar refractivity (Wildman–Crippen MR) is 112 cm³/mol. The average molecular weight is 425 g/mol. The molecule has 1 aromatic rings. The molecule has 1 aromatic carbocycles. The Bertz CT molecular complexity index is 823. The van der Waals surface area contributed by atoms with Crippen LogP contribution in [0.5, 0.6) is 0 Å². The first-order valence-corrected chi connectivity index (χ1v) is 11.2. The van der Waals surface area contributed by atoms with E-state index in [9.17, 15) is 18.0 Å². The third kappa shape index (κ3) is 6.80. The van der Waals surface area contributed by atoms with Gasteiger partial charge in [-0.3, -0.25) is 14.5 Å². The number of hydrogen-bond acceptors (Lipinski definition) is 5. The highest BCUT2D eigenvalue weighted by atomic mass is 32.2. The number of sulfonamides is 1. The fourth-order valence-corrected chi connectivity index (χ4v) is 4.44. The molecular weight excluding hydrogens is 392 g/mol. The Morgan fingerprint density at radius 1 is 1.07 bits per heavy atom. The molecule has 1 unspecified atom stereocenters. The molecule has 29 heavy (non-hydrogen) atoms. The topological polar surface area (TPSA) is 98.8 Å². The number of carbonyl (C=O) groups is 2. The predicted octanol–water partition coefficient (Wildman–Crippen LogP) is 0.721. The molecule has 1 aliphatic heterocycles. The maximum absolute atomic E-state index is 12.7. The van der Waals surface area contributed by atoms with E-state index in [1.165, 1.54) is 4.31 Å². The zero-order valence-electron chi connectivity index (χ0n) is 17.9. The van der Waals surface area contributed by atoms with Gasteiger partial charge in [-0.1, -0.05) is 17.7 Å². The first kappa shape index (κ1) is 23.3. The second-order valence-electron chi connectivity index (χ2n) is 8.52. The molecule has 1 atom stereocenters. The van der Waals surface area contributed by atoms with Crippen LogP contribution in [0.15, 0.2) is 29.2 Å². The van der Waals surface area contributed by atoms with Crippen LogP contribution in [0.2, 0.25) is 0 Å². The van der Waals surface area contributed by atoms with Crippen LogP contribution in [0.1, 0.15) is 33.3 Å². The van der Waals surface area contributed by atoms with E-state index in [1.807, 2.05) is 32.6 Å². The van der Waals surface area contributed by atoms with Gasteiger partial charge in [-0.25, -0.2) is 8.42 Å². The van der Waals surface area contributed by atoms with Gasteiger partial charge in [0.15, 0.2) is 0 Å². The smallest absolute Gasteiger partial charge is 0.243 e. The molecule has 0 saturated carbocycles. The lowest BCUT2D eigenvalue weighted by atomic mass is 10.1. The summed E-state index contributed by atoms with van der Waals surface area (Å²) in [5.74, 6) is -0.490. The van der Waals surface area contributed by atoms with Crippen molar-refractivity contribution < 1.29 is 18.0 Å². The molecule has 0 aliphatic carbocycles. The third-order valence-electron chi connectivity index (χ3n) is 4.63. The number of hydrogen-bond donors (Lipinski definition) is 2. The maximum atomic E-state index is 12.7. The van der Waals surface area contributed by atoms with Crippen molar-refractivity contribution in [2.45, 2.75) is 51.1 Å². The molecule has 162 valence electrons. The van der Waals surface area contributed by atoms with E-state index in [0.717, 1.165) is 5.56 Å². The van der Waals surface area contributed by atoms with Gasteiger partial charge < -0.3 is 10.6 Å². The van der Waals surface area contributed by atoms with E-state index in [2.05, 4.69) is 10.6 Å². The van der Waals surface area contributed by atoms with Gasteiger partial charge in [0, 0.05) is 31.7 Å². The Balaban J connectivity index is 1.84. The van der Waals surface area contributed by atoms with E-state index in [4.69, 9.17) is 0 Å². The molecule has 1 heterocycles. The van der Waals surface area contributed by atoms with Crippen LogP contribution in [-0.2, 0) is 19.6 Å². The van der Waals surface area contributed by atoms with Gasteiger partial charge in [0.2, 0.25) is 21.8 Å². The number of amides is 2. The van der Waals surface area contributed by atoms with Gasteiger partial charge in [-0.2, -0.15) is 4.31 Å². The number of rotatable bonds is 6.